The van der Waals surface area contributed by atoms with Crippen LogP contribution in [0, 0.1) is 5.41 Å². The summed E-state index contributed by atoms with van der Waals surface area (Å²) >= 11 is 0. The van der Waals surface area contributed by atoms with E-state index in [-0.39, 0.29) is 24.9 Å². The van der Waals surface area contributed by atoms with Gasteiger partial charge < -0.3 is 10.2 Å². The lowest BCUT2D eigenvalue weighted by atomic mass is 10.0. The van der Waals surface area contributed by atoms with Crippen molar-refractivity contribution >= 4 is 5.91 Å². The zero-order valence-electron chi connectivity index (χ0n) is 9.97. The molecule has 1 saturated carbocycles. The first kappa shape index (κ1) is 12.7. The molecule has 0 bridgehead atoms. The van der Waals surface area contributed by atoms with Crippen LogP contribution in [0.1, 0.15) is 26.7 Å². The minimum atomic E-state index is -4.40. The molecule has 0 radical (unpaired) electrons. The summed E-state index contributed by atoms with van der Waals surface area (Å²) in [6.07, 6.45) is -4.52. The van der Waals surface area contributed by atoms with E-state index in [9.17, 15) is 18.0 Å². The van der Waals surface area contributed by atoms with E-state index in [1.54, 1.807) is 6.92 Å². The van der Waals surface area contributed by atoms with Crippen LogP contribution in [-0.2, 0) is 4.79 Å². The summed E-state index contributed by atoms with van der Waals surface area (Å²) in [6.45, 7) is 4.57. The molecule has 3 nitrogen and oxygen atoms in total. The van der Waals surface area contributed by atoms with Gasteiger partial charge in [-0.15, -0.1) is 0 Å². The Morgan fingerprint density at radius 2 is 1.94 bits per heavy atom. The summed E-state index contributed by atoms with van der Waals surface area (Å²) in [5.41, 5.74) is -2.07. The Kier molecular flexibility index (Phi) is 2.88. The number of carbonyl (C=O) groups is 1. The van der Waals surface area contributed by atoms with E-state index in [4.69, 9.17) is 0 Å². The van der Waals surface area contributed by atoms with Gasteiger partial charge in [0, 0.05) is 25.2 Å². The normalized spacial score (nSPS) is 32.4. The second kappa shape index (κ2) is 3.86. The van der Waals surface area contributed by atoms with Crippen molar-refractivity contribution in [2.24, 2.45) is 5.41 Å². The monoisotopic (exact) mass is 250 g/mol. The fourth-order valence-corrected chi connectivity index (χ4v) is 2.32. The molecule has 0 aromatic rings. The average Bonchev–Trinajstić information content (AvgIpc) is 3.00. The maximum absolute atomic E-state index is 12.9. The third-order valence-corrected chi connectivity index (χ3v) is 3.73. The predicted octanol–water partition coefficient (Wildman–Crippen LogP) is 1.54. The molecule has 0 unspecified atom stereocenters. The van der Waals surface area contributed by atoms with Crippen LogP contribution < -0.4 is 5.32 Å². The smallest absolute Gasteiger partial charge is 0.336 e. The molecular weight excluding hydrogens is 233 g/mol. The summed E-state index contributed by atoms with van der Waals surface area (Å²) in [6, 6.07) is -0.113. The van der Waals surface area contributed by atoms with Crippen molar-refractivity contribution in [3.05, 3.63) is 0 Å². The Hall–Kier alpha value is -0.780. The summed E-state index contributed by atoms with van der Waals surface area (Å²) in [7, 11) is 0. The van der Waals surface area contributed by atoms with E-state index < -0.39 is 17.5 Å². The van der Waals surface area contributed by atoms with Gasteiger partial charge in [0.25, 0.3) is 0 Å². The molecule has 2 atom stereocenters. The third-order valence-electron chi connectivity index (χ3n) is 3.73. The van der Waals surface area contributed by atoms with Gasteiger partial charge in [0.15, 0.2) is 0 Å². The highest BCUT2D eigenvalue weighted by atomic mass is 19.4. The first-order valence-corrected chi connectivity index (χ1v) is 5.89. The van der Waals surface area contributed by atoms with Crippen molar-refractivity contribution in [3.8, 4) is 0 Å². The Labute approximate surface area is 98.3 Å². The third kappa shape index (κ3) is 2.03. The van der Waals surface area contributed by atoms with Crippen LogP contribution in [0.25, 0.3) is 0 Å². The first-order valence-electron chi connectivity index (χ1n) is 5.89. The quantitative estimate of drug-likeness (QED) is 0.765. The van der Waals surface area contributed by atoms with Gasteiger partial charge in [-0.3, -0.25) is 4.79 Å². The predicted molar refractivity (Wildman–Crippen MR) is 56.4 cm³/mol. The van der Waals surface area contributed by atoms with Gasteiger partial charge in [-0.1, -0.05) is 0 Å². The van der Waals surface area contributed by atoms with Crippen LogP contribution in [0.4, 0.5) is 13.2 Å². The summed E-state index contributed by atoms with van der Waals surface area (Å²) in [5, 5.41) is 3.15. The number of nitrogens with one attached hydrogen (secondary N) is 1. The number of piperazine rings is 1. The molecule has 1 aliphatic carbocycles. The van der Waals surface area contributed by atoms with Gasteiger partial charge in [-0.2, -0.15) is 13.2 Å². The molecule has 17 heavy (non-hydrogen) atoms. The Balaban J connectivity index is 2.15. The summed E-state index contributed by atoms with van der Waals surface area (Å²) < 4.78 is 38.6. The molecule has 6 heteroatoms. The van der Waals surface area contributed by atoms with Gasteiger partial charge in [0.05, 0.1) is 0 Å². The molecule has 1 saturated heterocycles. The fourth-order valence-electron chi connectivity index (χ4n) is 2.32. The molecule has 1 N–H and O–H groups in total. The summed E-state index contributed by atoms with van der Waals surface area (Å²) in [5.74, 6) is -0.731. The molecule has 2 rings (SSSR count). The molecule has 1 heterocycles. The van der Waals surface area contributed by atoms with E-state index in [2.05, 4.69) is 5.32 Å². The Morgan fingerprint density at radius 1 is 1.35 bits per heavy atom. The highest BCUT2D eigenvalue weighted by Gasteiger charge is 2.69. The van der Waals surface area contributed by atoms with Crippen molar-refractivity contribution < 1.29 is 18.0 Å². The lowest BCUT2D eigenvalue weighted by molar-refractivity contribution is -0.200. The minimum absolute atomic E-state index is 0.0548. The van der Waals surface area contributed by atoms with Gasteiger partial charge in [-0.05, 0) is 26.7 Å². The van der Waals surface area contributed by atoms with E-state index in [1.807, 2.05) is 6.92 Å². The highest BCUT2D eigenvalue weighted by molar-refractivity contribution is 5.86. The second-order valence-electron chi connectivity index (χ2n) is 5.20. The molecule has 0 aromatic carbocycles. The fraction of sp³-hybridized carbons (Fsp3) is 0.909. The standard InChI is InChI=1S/C11H17F3N2O/c1-7-6-16(8(2)5-15-7)9(17)10(3-4-10)11(12,13)14/h7-8,15H,3-6H2,1-2H3/t7-,8+/m0/s1. The molecule has 1 aliphatic heterocycles. The van der Waals surface area contributed by atoms with Gasteiger partial charge in [0.2, 0.25) is 5.91 Å². The average molecular weight is 250 g/mol. The zero-order chi connectivity index (χ0) is 12.8. The largest absolute Gasteiger partial charge is 0.403 e. The molecule has 2 fully saturated rings. The molecule has 1 amide bonds. The van der Waals surface area contributed by atoms with Gasteiger partial charge in [0.1, 0.15) is 5.41 Å². The molecule has 0 spiro atoms. The number of rotatable bonds is 1. The lowest BCUT2D eigenvalue weighted by Crippen LogP contribution is -2.59. The number of amides is 1. The van der Waals surface area contributed by atoms with Crippen molar-refractivity contribution in [2.75, 3.05) is 13.1 Å². The van der Waals surface area contributed by atoms with Gasteiger partial charge in [-0.25, -0.2) is 0 Å². The molecular formula is C11H17F3N2O. The van der Waals surface area contributed by atoms with E-state index in [0.29, 0.717) is 13.1 Å². The Morgan fingerprint density at radius 3 is 2.41 bits per heavy atom. The van der Waals surface area contributed by atoms with Crippen LogP contribution in [0.5, 0.6) is 0 Å². The number of hydrogen-bond donors (Lipinski definition) is 1. The number of hydrogen-bond acceptors (Lipinski definition) is 2. The number of nitrogens with zero attached hydrogens (tertiary/aromatic N) is 1. The van der Waals surface area contributed by atoms with Crippen LogP contribution in [0.15, 0.2) is 0 Å². The minimum Gasteiger partial charge on any atom is -0.336 e. The van der Waals surface area contributed by atoms with E-state index >= 15 is 0 Å². The topological polar surface area (TPSA) is 32.3 Å². The SMILES string of the molecule is C[C@@H]1CN[C@@H](C)CN1C(=O)C1(C(F)(F)F)CC1. The van der Waals surface area contributed by atoms with E-state index in [0.717, 1.165) is 0 Å². The maximum Gasteiger partial charge on any atom is 0.403 e. The maximum atomic E-state index is 12.9. The van der Waals surface area contributed by atoms with Crippen LogP contribution in [-0.4, -0.2) is 42.2 Å². The number of halogens is 3. The Bertz CT molecular complexity index is 325. The van der Waals surface area contributed by atoms with Crippen LogP contribution in [0.3, 0.4) is 0 Å². The molecule has 0 aromatic heterocycles. The van der Waals surface area contributed by atoms with Crippen LogP contribution >= 0.6 is 0 Å². The number of alkyl halides is 3. The van der Waals surface area contributed by atoms with Crippen molar-refractivity contribution in [2.45, 2.75) is 44.9 Å². The van der Waals surface area contributed by atoms with Crippen molar-refractivity contribution in [1.29, 1.82) is 0 Å². The summed E-state index contributed by atoms with van der Waals surface area (Å²) in [4.78, 5) is 13.5. The first-order chi connectivity index (χ1) is 7.78. The molecule has 2 aliphatic rings. The zero-order valence-corrected chi connectivity index (χ0v) is 9.97. The van der Waals surface area contributed by atoms with E-state index in [1.165, 1.54) is 4.90 Å². The molecule has 98 valence electrons. The number of carbonyl (C=O) groups excluding carboxylic acids is 1. The highest BCUT2D eigenvalue weighted by Crippen LogP contribution is 2.58. The van der Waals surface area contributed by atoms with Crippen molar-refractivity contribution in [3.63, 3.8) is 0 Å². The van der Waals surface area contributed by atoms with Crippen LogP contribution in [0.2, 0.25) is 0 Å². The van der Waals surface area contributed by atoms with Gasteiger partial charge >= 0.3 is 6.18 Å². The lowest BCUT2D eigenvalue weighted by Gasteiger charge is -2.39. The van der Waals surface area contributed by atoms with Crippen molar-refractivity contribution in [1.82, 2.24) is 10.2 Å². The second-order valence-corrected chi connectivity index (χ2v) is 5.20.